The van der Waals surface area contributed by atoms with Crippen molar-refractivity contribution in [3.8, 4) is 11.5 Å². The van der Waals surface area contributed by atoms with E-state index in [1.165, 1.54) is 19.1 Å². The second-order valence-electron chi connectivity index (χ2n) is 6.27. The number of hydrogen-bond donors (Lipinski definition) is 1. The van der Waals surface area contributed by atoms with Crippen LogP contribution < -0.4 is 19.7 Å². The summed E-state index contributed by atoms with van der Waals surface area (Å²) in [6.45, 7) is 2.42. The number of benzene rings is 2. The molecule has 0 aliphatic heterocycles. The highest BCUT2D eigenvalue weighted by Gasteiger charge is 2.36. The first-order valence-corrected chi connectivity index (χ1v) is 9.13. The van der Waals surface area contributed by atoms with E-state index in [1.54, 1.807) is 48.5 Å². The molecule has 1 aromatic heterocycles. The molecule has 2 aromatic carbocycles. The molecule has 0 aliphatic rings. The van der Waals surface area contributed by atoms with Crippen LogP contribution >= 0.6 is 0 Å². The van der Waals surface area contributed by atoms with Gasteiger partial charge < -0.3 is 19.7 Å². The lowest BCUT2D eigenvalue weighted by Crippen LogP contribution is -2.19. The lowest BCUT2D eigenvalue weighted by atomic mass is 10.2. The molecule has 1 N–H and O–H groups in total. The zero-order valence-corrected chi connectivity index (χ0v) is 16.7. The van der Waals surface area contributed by atoms with E-state index in [0.29, 0.717) is 29.5 Å². The molecule has 9 heteroatoms. The lowest BCUT2D eigenvalue weighted by molar-refractivity contribution is -0.137. The number of aromatic nitrogens is 2. The van der Waals surface area contributed by atoms with E-state index in [4.69, 9.17) is 9.47 Å². The maximum absolute atomic E-state index is 13.6. The summed E-state index contributed by atoms with van der Waals surface area (Å²) >= 11 is 0. The van der Waals surface area contributed by atoms with Gasteiger partial charge in [0.2, 0.25) is 5.95 Å². The van der Waals surface area contributed by atoms with Crippen LogP contribution in [-0.2, 0) is 6.18 Å². The molecule has 0 atom stereocenters. The summed E-state index contributed by atoms with van der Waals surface area (Å²) in [6.07, 6.45) is -3.83. The van der Waals surface area contributed by atoms with Crippen molar-refractivity contribution < 1.29 is 22.6 Å². The van der Waals surface area contributed by atoms with E-state index in [2.05, 4.69) is 15.3 Å². The van der Waals surface area contributed by atoms with Crippen molar-refractivity contribution in [3.05, 3.63) is 60.3 Å². The van der Waals surface area contributed by atoms with Crippen molar-refractivity contribution in [1.29, 1.82) is 0 Å². The van der Waals surface area contributed by atoms with Crippen molar-refractivity contribution in [1.82, 2.24) is 9.97 Å². The molecule has 0 aliphatic carbocycles. The second kappa shape index (κ2) is 8.89. The fourth-order valence-electron chi connectivity index (χ4n) is 2.75. The fraction of sp³-hybridized carbons (Fsp3) is 0.238. The lowest BCUT2D eigenvalue weighted by Gasteiger charge is -2.23. The van der Waals surface area contributed by atoms with Crippen molar-refractivity contribution in [2.24, 2.45) is 0 Å². The Labute approximate surface area is 172 Å². The third-order valence-corrected chi connectivity index (χ3v) is 4.27. The molecule has 0 fully saturated rings. The Balaban J connectivity index is 1.93. The normalized spacial score (nSPS) is 11.1. The van der Waals surface area contributed by atoms with Gasteiger partial charge >= 0.3 is 6.18 Å². The van der Waals surface area contributed by atoms with Gasteiger partial charge in [-0.3, -0.25) is 0 Å². The summed E-state index contributed by atoms with van der Waals surface area (Å²) in [4.78, 5) is 9.33. The highest BCUT2D eigenvalue weighted by molar-refractivity contribution is 5.65. The van der Waals surface area contributed by atoms with Crippen LogP contribution in [0.15, 0.2) is 54.7 Å². The summed E-state index contributed by atoms with van der Waals surface area (Å²) in [5.74, 6) is 1.07. The summed E-state index contributed by atoms with van der Waals surface area (Å²) in [5, 5.41) is 2.93. The molecular formula is C21H21F3N4O2. The molecule has 0 spiro atoms. The van der Waals surface area contributed by atoms with Crippen LogP contribution in [0.25, 0.3) is 0 Å². The summed E-state index contributed by atoms with van der Waals surface area (Å²) in [6, 6.07) is 13.6. The quantitative estimate of drug-likeness (QED) is 0.553. The number of ether oxygens (including phenoxy) is 2. The van der Waals surface area contributed by atoms with Crippen molar-refractivity contribution in [3.63, 3.8) is 0 Å². The van der Waals surface area contributed by atoms with Gasteiger partial charge in [-0.25, -0.2) is 4.98 Å². The molecule has 158 valence electrons. The van der Waals surface area contributed by atoms with Crippen molar-refractivity contribution in [2.45, 2.75) is 13.1 Å². The standard InChI is InChI=1S/C21H21F3N4O2/c1-4-30-17-9-5-14(6-10-17)26-20-25-13-18(21(22,23)24)19(27-20)28(2)15-7-11-16(29-3)12-8-15/h5-13H,4H2,1-3H3,(H,25,26,27). The second-order valence-corrected chi connectivity index (χ2v) is 6.27. The zero-order valence-electron chi connectivity index (χ0n) is 16.7. The Kier molecular flexibility index (Phi) is 6.29. The molecule has 3 aromatic rings. The highest BCUT2D eigenvalue weighted by Crippen LogP contribution is 2.38. The number of nitrogens with zero attached hydrogens (tertiary/aromatic N) is 3. The van der Waals surface area contributed by atoms with E-state index in [0.717, 1.165) is 6.20 Å². The molecule has 3 rings (SSSR count). The van der Waals surface area contributed by atoms with Gasteiger partial charge in [-0.15, -0.1) is 0 Å². The van der Waals surface area contributed by atoms with Gasteiger partial charge in [-0.1, -0.05) is 0 Å². The molecule has 0 bridgehead atoms. The van der Waals surface area contributed by atoms with Gasteiger partial charge in [0.05, 0.1) is 13.7 Å². The van der Waals surface area contributed by atoms with Gasteiger partial charge in [-0.05, 0) is 55.5 Å². The first-order valence-electron chi connectivity index (χ1n) is 9.13. The molecule has 0 unspecified atom stereocenters. The Morgan fingerprint density at radius 2 is 1.63 bits per heavy atom. The van der Waals surface area contributed by atoms with E-state index in [1.807, 2.05) is 6.92 Å². The van der Waals surface area contributed by atoms with Crippen molar-refractivity contribution in [2.75, 3.05) is 31.0 Å². The predicted octanol–water partition coefficient (Wildman–Crippen LogP) is 5.41. The van der Waals surface area contributed by atoms with E-state index < -0.39 is 11.7 Å². The molecule has 0 amide bonds. The van der Waals surface area contributed by atoms with Crippen LogP contribution in [0, 0.1) is 0 Å². The minimum absolute atomic E-state index is 0.0440. The topological polar surface area (TPSA) is 59.5 Å². The average molecular weight is 418 g/mol. The number of anilines is 4. The smallest absolute Gasteiger partial charge is 0.421 e. The molecule has 0 saturated heterocycles. The van der Waals surface area contributed by atoms with E-state index >= 15 is 0 Å². The maximum atomic E-state index is 13.6. The molecule has 0 radical (unpaired) electrons. The predicted molar refractivity (Wildman–Crippen MR) is 109 cm³/mol. The number of hydrogen-bond acceptors (Lipinski definition) is 6. The minimum atomic E-state index is -4.60. The van der Waals surface area contributed by atoms with Crippen molar-refractivity contribution >= 4 is 23.1 Å². The van der Waals surface area contributed by atoms with Crippen LogP contribution in [0.1, 0.15) is 12.5 Å². The monoisotopic (exact) mass is 418 g/mol. The number of alkyl halides is 3. The third kappa shape index (κ3) is 4.91. The molecule has 1 heterocycles. The van der Waals surface area contributed by atoms with Gasteiger partial charge in [0.15, 0.2) is 5.82 Å². The Hall–Kier alpha value is -3.49. The van der Waals surface area contributed by atoms with E-state index in [-0.39, 0.29) is 11.8 Å². The Bertz CT molecular complexity index is 977. The maximum Gasteiger partial charge on any atom is 0.421 e. The number of methoxy groups -OCH3 is 1. The molecule has 6 nitrogen and oxygen atoms in total. The van der Waals surface area contributed by atoms with Gasteiger partial charge in [0, 0.05) is 24.6 Å². The van der Waals surface area contributed by atoms with Gasteiger partial charge in [0.1, 0.15) is 17.1 Å². The number of halogens is 3. The van der Waals surface area contributed by atoms with E-state index in [9.17, 15) is 13.2 Å². The number of rotatable bonds is 7. The summed E-state index contributed by atoms with van der Waals surface area (Å²) in [5.41, 5.74) is 0.210. The van der Waals surface area contributed by atoms with Crippen LogP contribution in [0.5, 0.6) is 11.5 Å². The van der Waals surface area contributed by atoms with Crippen LogP contribution in [0.2, 0.25) is 0 Å². The van der Waals surface area contributed by atoms with Crippen LogP contribution in [0.3, 0.4) is 0 Å². The zero-order chi connectivity index (χ0) is 21.7. The SMILES string of the molecule is CCOc1ccc(Nc2ncc(C(F)(F)F)c(N(C)c3ccc(OC)cc3)n2)cc1. The Morgan fingerprint density at radius 3 is 2.20 bits per heavy atom. The summed E-state index contributed by atoms with van der Waals surface area (Å²) in [7, 11) is 3.03. The van der Waals surface area contributed by atoms with Gasteiger partial charge in [0.25, 0.3) is 0 Å². The Morgan fingerprint density at radius 1 is 1.00 bits per heavy atom. The molecule has 30 heavy (non-hydrogen) atoms. The fourth-order valence-corrected chi connectivity index (χ4v) is 2.75. The van der Waals surface area contributed by atoms with Crippen LogP contribution in [0.4, 0.5) is 36.3 Å². The summed E-state index contributed by atoms with van der Waals surface area (Å²) < 4.78 is 51.2. The average Bonchev–Trinajstić information content (AvgIpc) is 2.74. The number of nitrogens with one attached hydrogen (secondary N) is 1. The van der Waals surface area contributed by atoms with Gasteiger partial charge in [-0.2, -0.15) is 18.2 Å². The van der Waals surface area contributed by atoms with Crippen LogP contribution in [-0.4, -0.2) is 30.7 Å². The minimum Gasteiger partial charge on any atom is -0.497 e. The molecule has 0 saturated carbocycles. The first kappa shape index (κ1) is 21.2. The largest absolute Gasteiger partial charge is 0.497 e. The first-order chi connectivity index (χ1) is 14.3. The third-order valence-electron chi connectivity index (χ3n) is 4.27. The highest BCUT2D eigenvalue weighted by atomic mass is 19.4. The molecular weight excluding hydrogens is 397 g/mol.